The smallest absolute Gasteiger partial charge is 0.238 e. The summed E-state index contributed by atoms with van der Waals surface area (Å²) in [4.78, 5) is 24.4. The third-order valence-electron chi connectivity index (χ3n) is 2.52. The Kier molecular flexibility index (Phi) is 3.05. The summed E-state index contributed by atoms with van der Waals surface area (Å²) in [5.41, 5.74) is 0.0425. The van der Waals surface area contributed by atoms with E-state index in [0.717, 1.165) is 4.90 Å². The molecular weight excluding hydrogens is 277 g/mol. The van der Waals surface area contributed by atoms with Crippen LogP contribution in [0.15, 0.2) is 24.3 Å². The van der Waals surface area contributed by atoms with Crippen molar-refractivity contribution >= 4 is 33.4 Å². The van der Waals surface area contributed by atoms with Crippen LogP contribution < -0.4 is 4.90 Å². The first-order chi connectivity index (χ1) is 7.65. The molecule has 1 aliphatic heterocycles. The Balaban J connectivity index is 2.39. The van der Waals surface area contributed by atoms with E-state index in [-0.39, 0.29) is 29.8 Å². The average molecular weight is 286 g/mol. The second-order valence-corrected chi connectivity index (χ2v) is 4.22. The number of carbonyl (C=O) groups excluding carboxylic acids is 2. The zero-order valence-corrected chi connectivity index (χ0v) is 9.91. The van der Waals surface area contributed by atoms with Crippen molar-refractivity contribution in [3.05, 3.63) is 30.1 Å². The largest absolute Gasteiger partial charge is 0.274 e. The SMILES string of the molecule is O=C1CC(CBr)C(=O)N1c1ccccc1F. The highest BCUT2D eigenvalue weighted by Gasteiger charge is 2.39. The van der Waals surface area contributed by atoms with Crippen molar-refractivity contribution in [3.8, 4) is 0 Å². The molecule has 1 fully saturated rings. The predicted octanol–water partition coefficient (Wildman–Crippen LogP) is 2.10. The molecule has 84 valence electrons. The van der Waals surface area contributed by atoms with E-state index in [9.17, 15) is 14.0 Å². The first-order valence-electron chi connectivity index (χ1n) is 4.82. The number of anilines is 1. The van der Waals surface area contributed by atoms with Crippen LogP contribution in [-0.4, -0.2) is 17.1 Å². The summed E-state index contributed by atoms with van der Waals surface area (Å²) in [5, 5.41) is 0.419. The van der Waals surface area contributed by atoms with E-state index in [2.05, 4.69) is 15.9 Å². The molecule has 0 radical (unpaired) electrons. The molecule has 0 bridgehead atoms. The highest BCUT2D eigenvalue weighted by Crippen LogP contribution is 2.29. The molecule has 16 heavy (non-hydrogen) atoms. The zero-order chi connectivity index (χ0) is 11.7. The first-order valence-corrected chi connectivity index (χ1v) is 5.94. The molecule has 1 aliphatic rings. The predicted molar refractivity (Wildman–Crippen MR) is 60.8 cm³/mol. The van der Waals surface area contributed by atoms with E-state index >= 15 is 0 Å². The van der Waals surface area contributed by atoms with Crippen molar-refractivity contribution in [1.29, 1.82) is 0 Å². The first kappa shape index (κ1) is 11.3. The highest BCUT2D eigenvalue weighted by molar-refractivity contribution is 9.09. The molecule has 3 nitrogen and oxygen atoms in total. The van der Waals surface area contributed by atoms with Gasteiger partial charge in [-0.05, 0) is 12.1 Å². The molecule has 1 saturated heterocycles. The second-order valence-electron chi connectivity index (χ2n) is 3.57. The molecule has 1 aromatic carbocycles. The number of rotatable bonds is 2. The molecule has 1 aromatic rings. The zero-order valence-electron chi connectivity index (χ0n) is 8.32. The molecule has 5 heteroatoms. The van der Waals surface area contributed by atoms with Gasteiger partial charge in [0.25, 0.3) is 0 Å². The molecule has 1 unspecified atom stereocenters. The number of halogens is 2. The van der Waals surface area contributed by atoms with Gasteiger partial charge in [-0.25, -0.2) is 9.29 Å². The number of para-hydroxylation sites is 1. The quantitative estimate of drug-likeness (QED) is 0.616. The Hall–Kier alpha value is -1.23. The molecule has 0 N–H and O–H groups in total. The Morgan fingerprint density at radius 3 is 2.62 bits per heavy atom. The van der Waals surface area contributed by atoms with Gasteiger partial charge in [0.1, 0.15) is 5.82 Å². The third-order valence-corrected chi connectivity index (χ3v) is 3.30. The molecule has 2 rings (SSSR count). The van der Waals surface area contributed by atoms with Gasteiger partial charge in [0.05, 0.1) is 11.6 Å². The lowest BCUT2D eigenvalue weighted by Crippen LogP contribution is -2.31. The Morgan fingerprint density at radius 2 is 2.06 bits per heavy atom. The standard InChI is InChI=1S/C11H9BrFNO2/c12-6-7-5-10(15)14(11(7)16)9-4-2-1-3-8(9)13/h1-4,7H,5-6H2. The molecule has 1 atom stereocenters. The van der Waals surface area contributed by atoms with Gasteiger partial charge in [0.2, 0.25) is 11.8 Å². The molecular formula is C11H9BrFNO2. The summed E-state index contributed by atoms with van der Waals surface area (Å²) < 4.78 is 13.5. The molecule has 2 amide bonds. The van der Waals surface area contributed by atoms with Crippen molar-refractivity contribution in [2.45, 2.75) is 6.42 Å². The van der Waals surface area contributed by atoms with E-state index in [1.807, 2.05) is 0 Å². The number of alkyl halides is 1. The van der Waals surface area contributed by atoms with Gasteiger partial charge in [-0.3, -0.25) is 9.59 Å². The summed E-state index contributed by atoms with van der Waals surface area (Å²) in [6.45, 7) is 0. The van der Waals surface area contributed by atoms with Gasteiger partial charge in [0, 0.05) is 11.8 Å². The fourth-order valence-corrected chi connectivity index (χ4v) is 2.21. The van der Waals surface area contributed by atoms with Crippen LogP contribution >= 0.6 is 15.9 Å². The lowest BCUT2D eigenvalue weighted by molar-refractivity contribution is -0.122. The van der Waals surface area contributed by atoms with Crippen molar-refractivity contribution in [3.63, 3.8) is 0 Å². The van der Waals surface area contributed by atoms with Gasteiger partial charge in [-0.15, -0.1) is 0 Å². The minimum Gasteiger partial charge on any atom is -0.274 e. The molecule has 1 heterocycles. The average Bonchev–Trinajstić information content (AvgIpc) is 2.55. The van der Waals surface area contributed by atoms with E-state index in [0.29, 0.717) is 5.33 Å². The summed E-state index contributed by atoms with van der Waals surface area (Å²) in [5.74, 6) is -1.63. The molecule has 0 aromatic heterocycles. The van der Waals surface area contributed by atoms with Gasteiger partial charge >= 0.3 is 0 Å². The van der Waals surface area contributed by atoms with Crippen LogP contribution in [-0.2, 0) is 9.59 Å². The monoisotopic (exact) mass is 285 g/mol. The molecule has 0 aliphatic carbocycles. The van der Waals surface area contributed by atoms with E-state index in [1.54, 1.807) is 6.07 Å². The topological polar surface area (TPSA) is 37.4 Å². The summed E-state index contributed by atoms with van der Waals surface area (Å²) in [6, 6.07) is 5.78. The maximum atomic E-state index is 13.5. The fourth-order valence-electron chi connectivity index (χ4n) is 1.70. The summed E-state index contributed by atoms with van der Waals surface area (Å²) in [7, 11) is 0. The number of nitrogens with zero attached hydrogens (tertiary/aromatic N) is 1. The van der Waals surface area contributed by atoms with Crippen LogP contribution in [0.2, 0.25) is 0 Å². The van der Waals surface area contributed by atoms with E-state index in [1.165, 1.54) is 18.2 Å². The summed E-state index contributed by atoms with van der Waals surface area (Å²) >= 11 is 3.17. The van der Waals surface area contributed by atoms with Crippen LogP contribution in [0.1, 0.15) is 6.42 Å². The van der Waals surface area contributed by atoms with Crippen molar-refractivity contribution < 1.29 is 14.0 Å². The Morgan fingerprint density at radius 1 is 1.38 bits per heavy atom. The fraction of sp³-hybridized carbons (Fsp3) is 0.273. The normalized spacial score (nSPS) is 20.6. The van der Waals surface area contributed by atoms with Crippen LogP contribution in [0.5, 0.6) is 0 Å². The van der Waals surface area contributed by atoms with Gasteiger partial charge in [0.15, 0.2) is 0 Å². The Bertz CT molecular complexity index is 449. The Labute approximate surface area is 100 Å². The number of benzene rings is 1. The number of hydrogen-bond acceptors (Lipinski definition) is 2. The van der Waals surface area contributed by atoms with Crippen molar-refractivity contribution in [2.75, 3.05) is 10.2 Å². The summed E-state index contributed by atoms with van der Waals surface area (Å²) in [6.07, 6.45) is 0.137. The minimum atomic E-state index is -0.556. The van der Waals surface area contributed by atoms with Crippen molar-refractivity contribution in [2.24, 2.45) is 5.92 Å². The van der Waals surface area contributed by atoms with Crippen LogP contribution in [0.25, 0.3) is 0 Å². The van der Waals surface area contributed by atoms with Crippen LogP contribution in [0, 0.1) is 11.7 Å². The highest BCUT2D eigenvalue weighted by atomic mass is 79.9. The minimum absolute atomic E-state index is 0.0425. The second kappa shape index (κ2) is 4.33. The van der Waals surface area contributed by atoms with Crippen LogP contribution in [0.3, 0.4) is 0 Å². The van der Waals surface area contributed by atoms with E-state index in [4.69, 9.17) is 0 Å². The van der Waals surface area contributed by atoms with E-state index < -0.39 is 5.82 Å². The maximum absolute atomic E-state index is 13.5. The van der Waals surface area contributed by atoms with Crippen molar-refractivity contribution in [1.82, 2.24) is 0 Å². The maximum Gasteiger partial charge on any atom is 0.238 e. The van der Waals surface area contributed by atoms with Gasteiger partial charge in [-0.1, -0.05) is 28.1 Å². The lowest BCUT2D eigenvalue weighted by Gasteiger charge is -2.14. The number of imide groups is 1. The number of amides is 2. The molecule has 0 spiro atoms. The van der Waals surface area contributed by atoms with Gasteiger partial charge < -0.3 is 0 Å². The number of hydrogen-bond donors (Lipinski definition) is 0. The third kappa shape index (κ3) is 1.75. The molecule has 0 saturated carbocycles. The van der Waals surface area contributed by atoms with Crippen LogP contribution in [0.4, 0.5) is 10.1 Å². The number of carbonyl (C=O) groups is 2. The van der Waals surface area contributed by atoms with Gasteiger partial charge in [-0.2, -0.15) is 0 Å². The lowest BCUT2D eigenvalue weighted by atomic mass is 10.1.